The summed E-state index contributed by atoms with van der Waals surface area (Å²) >= 11 is 1.16. The van der Waals surface area contributed by atoms with Gasteiger partial charge in [-0.25, -0.2) is 0 Å². The van der Waals surface area contributed by atoms with E-state index in [4.69, 9.17) is 0 Å². The molecule has 0 aliphatic carbocycles. The van der Waals surface area contributed by atoms with Gasteiger partial charge < -0.3 is 10.6 Å². The topological polar surface area (TPSA) is 70.6 Å². The molecular formula is C16H18F3N3O2S. The zero-order chi connectivity index (χ0) is 18.6. The second-order valence-electron chi connectivity index (χ2n) is 5.97. The van der Waals surface area contributed by atoms with Gasteiger partial charge in [0.05, 0.1) is 5.56 Å². The molecule has 1 fully saturated rings. The summed E-state index contributed by atoms with van der Waals surface area (Å²) in [6, 6.07) is 4.36. The minimum absolute atomic E-state index is 0.0388. The molecule has 1 unspecified atom stereocenters. The Hall–Kier alpha value is -2.03. The number of aliphatic imine (C=N–C) groups is 1. The Morgan fingerprint density at radius 1 is 1.40 bits per heavy atom. The van der Waals surface area contributed by atoms with Crippen molar-refractivity contribution in [2.75, 3.05) is 11.9 Å². The summed E-state index contributed by atoms with van der Waals surface area (Å²) in [6.07, 6.45) is -4.63. The predicted octanol–water partition coefficient (Wildman–Crippen LogP) is 3.28. The lowest BCUT2D eigenvalue weighted by Crippen LogP contribution is -2.28. The van der Waals surface area contributed by atoms with Crippen molar-refractivity contribution in [3.63, 3.8) is 0 Å². The zero-order valence-corrected chi connectivity index (χ0v) is 14.5. The number of nitrogens with zero attached hydrogens (tertiary/aromatic N) is 1. The number of benzene rings is 1. The molecule has 1 aliphatic heterocycles. The van der Waals surface area contributed by atoms with Gasteiger partial charge in [-0.05, 0) is 24.1 Å². The number of halogens is 3. The highest BCUT2D eigenvalue weighted by Gasteiger charge is 2.33. The van der Waals surface area contributed by atoms with Gasteiger partial charge in [0, 0.05) is 18.7 Å². The Kier molecular flexibility index (Phi) is 6.10. The molecule has 2 N–H and O–H groups in total. The van der Waals surface area contributed by atoms with E-state index in [1.54, 1.807) is 0 Å². The number of carbonyl (C=O) groups is 2. The number of hydrogen-bond acceptors (Lipinski definition) is 4. The summed E-state index contributed by atoms with van der Waals surface area (Å²) in [7, 11) is 0. The van der Waals surface area contributed by atoms with E-state index in [0.717, 1.165) is 23.9 Å². The fourth-order valence-corrected chi connectivity index (χ4v) is 3.01. The molecule has 136 valence electrons. The number of rotatable bonds is 5. The Morgan fingerprint density at radius 2 is 2.12 bits per heavy atom. The third kappa shape index (κ3) is 5.77. The maximum absolute atomic E-state index is 12.7. The first kappa shape index (κ1) is 19.3. The Morgan fingerprint density at radius 3 is 2.76 bits per heavy atom. The molecule has 1 aromatic rings. The van der Waals surface area contributed by atoms with Gasteiger partial charge >= 0.3 is 6.18 Å². The summed E-state index contributed by atoms with van der Waals surface area (Å²) in [5, 5.41) is 4.82. The van der Waals surface area contributed by atoms with Gasteiger partial charge in [-0.15, -0.1) is 0 Å². The van der Waals surface area contributed by atoms with E-state index in [-0.39, 0.29) is 18.0 Å². The summed E-state index contributed by atoms with van der Waals surface area (Å²) in [4.78, 5) is 28.1. The third-order valence-electron chi connectivity index (χ3n) is 3.22. The number of anilines is 1. The molecule has 1 aromatic carbocycles. The van der Waals surface area contributed by atoms with Crippen molar-refractivity contribution in [3.8, 4) is 0 Å². The molecular weight excluding hydrogens is 355 g/mol. The van der Waals surface area contributed by atoms with Crippen LogP contribution >= 0.6 is 11.8 Å². The van der Waals surface area contributed by atoms with E-state index in [1.807, 2.05) is 13.8 Å². The number of hydrogen-bond donors (Lipinski definition) is 2. The van der Waals surface area contributed by atoms with Crippen molar-refractivity contribution in [2.45, 2.75) is 31.7 Å². The smallest absolute Gasteiger partial charge is 0.326 e. The van der Waals surface area contributed by atoms with E-state index in [9.17, 15) is 22.8 Å². The van der Waals surface area contributed by atoms with Crippen LogP contribution in [0.5, 0.6) is 0 Å². The number of carbonyl (C=O) groups excluding carboxylic acids is 2. The van der Waals surface area contributed by atoms with Gasteiger partial charge in [0.1, 0.15) is 5.25 Å². The van der Waals surface area contributed by atoms with E-state index >= 15 is 0 Å². The van der Waals surface area contributed by atoms with Crippen molar-refractivity contribution in [1.29, 1.82) is 0 Å². The number of nitrogens with one attached hydrogen (secondary N) is 2. The number of thioether (sulfide) groups is 1. The fourth-order valence-electron chi connectivity index (χ4n) is 2.03. The van der Waals surface area contributed by atoms with E-state index in [1.165, 1.54) is 12.1 Å². The maximum atomic E-state index is 12.7. The molecule has 0 bridgehead atoms. The monoisotopic (exact) mass is 373 g/mol. The van der Waals surface area contributed by atoms with Gasteiger partial charge in [-0.3, -0.25) is 14.6 Å². The molecule has 5 nitrogen and oxygen atoms in total. The fraction of sp³-hybridized carbons (Fsp3) is 0.438. The molecule has 2 amide bonds. The molecule has 1 aliphatic rings. The molecule has 1 heterocycles. The maximum Gasteiger partial charge on any atom is 0.416 e. The normalized spacial score (nSPS) is 19.4. The minimum Gasteiger partial charge on any atom is -0.326 e. The molecule has 0 spiro atoms. The Balaban J connectivity index is 1.95. The first-order valence-electron chi connectivity index (χ1n) is 7.64. The van der Waals surface area contributed by atoms with Gasteiger partial charge in [0.15, 0.2) is 5.17 Å². The molecule has 1 saturated heterocycles. The first-order valence-corrected chi connectivity index (χ1v) is 8.52. The highest BCUT2D eigenvalue weighted by atomic mass is 32.2. The van der Waals surface area contributed by atoms with Crippen molar-refractivity contribution in [1.82, 2.24) is 5.32 Å². The first-order chi connectivity index (χ1) is 11.6. The van der Waals surface area contributed by atoms with Crippen LogP contribution < -0.4 is 10.6 Å². The molecule has 1 atom stereocenters. The van der Waals surface area contributed by atoms with Crippen LogP contribution in [-0.4, -0.2) is 28.8 Å². The summed E-state index contributed by atoms with van der Waals surface area (Å²) in [6.45, 7) is 4.54. The van der Waals surface area contributed by atoms with Gasteiger partial charge in [0.2, 0.25) is 11.8 Å². The average Bonchev–Trinajstić information content (AvgIpc) is 2.84. The average molecular weight is 373 g/mol. The van der Waals surface area contributed by atoms with Crippen molar-refractivity contribution < 1.29 is 22.8 Å². The summed E-state index contributed by atoms with van der Waals surface area (Å²) < 4.78 is 38.0. The van der Waals surface area contributed by atoms with Gasteiger partial charge in [-0.2, -0.15) is 13.2 Å². The minimum atomic E-state index is -4.48. The second-order valence-corrected chi connectivity index (χ2v) is 7.16. The van der Waals surface area contributed by atoms with Crippen LogP contribution in [0.4, 0.5) is 18.9 Å². The highest BCUT2D eigenvalue weighted by molar-refractivity contribution is 8.15. The third-order valence-corrected chi connectivity index (χ3v) is 4.34. The quantitative estimate of drug-likeness (QED) is 0.832. The molecule has 25 heavy (non-hydrogen) atoms. The summed E-state index contributed by atoms with van der Waals surface area (Å²) in [5.74, 6) is -0.517. The lowest BCUT2D eigenvalue weighted by atomic mass is 10.2. The van der Waals surface area contributed by atoms with Crippen LogP contribution in [0.15, 0.2) is 29.3 Å². The number of amidine groups is 1. The SMILES string of the molecule is CC(C)CN=C1NC(=O)C(CC(=O)Nc2cccc(C(F)(F)F)c2)S1. The van der Waals surface area contributed by atoms with Crippen molar-refractivity contribution in [3.05, 3.63) is 29.8 Å². The van der Waals surface area contributed by atoms with Crippen molar-refractivity contribution in [2.24, 2.45) is 10.9 Å². The van der Waals surface area contributed by atoms with Crippen molar-refractivity contribution >= 4 is 34.4 Å². The number of amides is 2. The van der Waals surface area contributed by atoms with Gasteiger partial charge in [-0.1, -0.05) is 31.7 Å². The standard InChI is InChI=1S/C16H18F3N3O2S/c1-9(2)8-20-15-22-14(24)12(25-15)7-13(23)21-11-5-3-4-10(6-11)16(17,18)19/h3-6,9,12H,7-8H2,1-2H3,(H,21,23)(H,20,22,24). The van der Waals surface area contributed by atoms with Crippen LogP contribution in [0.3, 0.4) is 0 Å². The Labute approximate surface area is 147 Å². The Bertz CT molecular complexity index is 689. The lowest BCUT2D eigenvalue weighted by molar-refractivity contribution is -0.137. The van der Waals surface area contributed by atoms with E-state index in [2.05, 4.69) is 15.6 Å². The molecule has 2 rings (SSSR count). The predicted molar refractivity (Wildman–Crippen MR) is 91.4 cm³/mol. The zero-order valence-electron chi connectivity index (χ0n) is 13.7. The van der Waals surface area contributed by atoms with Crippen LogP contribution in [0.25, 0.3) is 0 Å². The second kappa shape index (κ2) is 7.90. The van der Waals surface area contributed by atoms with Crippen LogP contribution in [0, 0.1) is 5.92 Å². The molecule has 9 heteroatoms. The largest absolute Gasteiger partial charge is 0.416 e. The lowest BCUT2D eigenvalue weighted by Gasteiger charge is -2.10. The van der Waals surface area contributed by atoms with Crippen LogP contribution in [0.1, 0.15) is 25.8 Å². The van der Waals surface area contributed by atoms with E-state index in [0.29, 0.717) is 17.6 Å². The number of alkyl halides is 3. The van der Waals surface area contributed by atoms with Crippen LogP contribution in [-0.2, 0) is 15.8 Å². The summed E-state index contributed by atoms with van der Waals surface area (Å²) in [5.41, 5.74) is -0.807. The molecule has 0 saturated carbocycles. The van der Waals surface area contributed by atoms with Gasteiger partial charge in [0.25, 0.3) is 0 Å². The molecule has 0 radical (unpaired) electrons. The molecule has 0 aromatic heterocycles. The highest BCUT2D eigenvalue weighted by Crippen LogP contribution is 2.31. The van der Waals surface area contributed by atoms with E-state index < -0.39 is 22.9 Å². The van der Waals surface area contributed by atoms with Crippen LogP contribution in [0.2, 0.25) is 0 Å².